The monoisotopic (exact) mass is 352 g/mol. The number of nitrogen functional groups attached to an aromatic ring is 1. The molecular weight excluding hydrogens is 347 g/mol. The Morgan fingerprint density at radius 2 is 1.75 bits per heavy atom. The molecule has 0 unspecified atom stereocenters. The van der Waals surface area contributed by atoms with E-state index in [1.807, 2.05) is 0 Å². The zero-order valence-electron chi connectivity index (χ0n) is 9.60. The summed E-state index contributed by atoms with van der Waals surface area (Å²) >= 11 is 2.83. The van der Waals surface area contributed by atoms with E-state index < -0.39 is 40.4 Å². The first-order valence-electron chi connectivity index (χ1n) is 5.19. The van der Waals surface area contributed by atoms with Crippen LogP contribution in [0.3, 0.4) is 0 Å². The molecule has 0 bridgehead atoms. The maximum absolute atomic E-state index is 13.9. The molecule has 0 aliphatic rings. The lowest BCUT2D eigenvalue weighted by Gasteiger charge is -2.11. The number of benzene rings is 1. The fourth-order valence-electron chi connectivity index (χ4n) is 1.61. The lowest BCUT2D eigenvalue weighted by molar-refractivity contribution is -0.137. The second-order valence-electron chi connectivity index (χ2n) is 3.88. The molecule has 20 heavy (non-hydrogen) atoms. The molecule has 0 saturated carbocycles. The van der Waals surface area contributed by atoms with E-state index in [0.29, 0.717) is 12.1 Å². The summed E-state index contributed by atoms with van der Waals surface area (Å²) in [4.78, 5) is 3.56. The van der Waals surface area contributed by atoms with Gasteiger partial charge in [-0.05, 0) is 40.2 Å². The normalized spacial score (nSPS) is 11.7. The number of pyridine rings is 1. The zero-order chi connectivity index (χ0) is 15.1. The van der Waals surface area contributed by atoms with E-state index in [9.17, 15) is 22.0 Å². The molecule has 0 fully saturated rings. The number of hydrogen-bond acceptors (Lipinski definition) is 2. The predicted molar refractivity (Wildman–Crippen MR) is 66.7 cm³/mol. The van der Waals surface area contributed by atoms with Gasteiger partial charge in [-0.1, -0.05) is 0 Å². The molecule has 2 N–H and O–H groups in total. The van der Waals surface area contributed by atoms with Crippen LogP contribution in [0, 0.1) is 11.6 Å². The van der Waals surface area contributed by atoms with Gasteiger partial charge in [0.15, 0.2) is 0 Å². The van der Waals surface area contributed by atoms with Gasteiger partial charge in [0.2, 0.25) is 0 Å². The van der Waals surface area contributed by atoms with Crippen molar-refractivity contribution in [2.24, 2.45) is 0 Å². The summed E-state index contributed by atoms with van der Waals surface area (Å²) in [5.41, 5.74) is 2.95. The average molecular weight is 353 g/mol. The summed E-state index contributed by atoms with van der Waals surface area (Å²) in [7, 11) is 0. The molecule has 0 saturated heterocycles. The maximum Gasteiger partial charge on any atom is 0.416 e. The molecule has 0 atom stereocenters. The van der Waals surface area contributed by atoms with Crippen LogP contribution in [0.4, 0.5) is 27.8 Å². The molecule has 0 spiro atoms. The lowest BCUT2D eigenvalue weighted by Crippen LogP contribution is -2.08. The highest BCUT2D eigenvalue weighted by Crippen LogP contribution is 2.35. The standard InChI is InChI=1S/C12H6BrF5N2/c13-6-1-2-7(14)10(11(6)15)8-3-5(12(16,17)18)4-9(19)20-8/h1-4H,(H2,19,20). The predicted octanol–water partition coefficient (Wildman–Crippen LogP) is 4.39. The van der Waals surface area contributed by atoms with E-state index in [1.165, 1.54) is 0 Å². The summed E-state index contributed by atoms with van der Waals surface area (Å²) in [6.07, 6.45) is -4.69. The van der Waals surface area contributed by atoms with Crippen molar-refractivity contribution in [1.82, 2.24) is 4.98 Å². The molecule has 1 heterocycles. The van der Waals surface area contributed by atoms with Crippen LogP contribution in [-0.2, 0) is 6.18 Å². The van der Waals surface area contributed by atoms with Crippen molar-refractivity contribution < 1.29 is 22.0 Å². The second kappa shape index (κ2) is 5.01. The molecule has 2 aromatic rings. The molecule has 0 radical (unpaired) electrons. The third-order valence-electron chi connectivity index (χ3n) is 2.47. The van der Waals surface area contributed by atoms with Crippen LogP contribution < -0.4 is 5.73 Å². The van der Waals surface area contributed by atoms with Crippen LogP contribution in [0.25, 0.3) is 11.3 Å². The van der Waals surface area contributed by atoms with Gasteiger partial charge in [0, 0.05) is 0 Å². The van der Waals surface area contributed by atoms with Crippen molar-refractivity contribution >= 4 is 21.7 Å². The molecule has 2 rings (SSSR count). The Balaban J connectivity index is 2.71. The first-order valence-corrected chi connectivity index (χ1v) is 5.98. The van der Waals surface area contributed by atoms with Gasteiger partial charge >= 0.3 is 6.18 Å². The van der Waals surface area contributed by atoms with Crippen LogP contribution in [0.5, 0.6) is 0 Å². The summed E-state index contributed by atoms with van der Waals surface area (Å²) in [5.74, 6) is -2.55. The van der Waals surface area contributed by atoms with Gasteiger partial charge < -0.3 is 5.73 Å². The molecule has 1 aromatic heterocycles. The number of nitrogens with two attached hydrogens (primary N) is 1. The third kappa shape index (κ3) is 2.74. The fourth-order valence-corrected chi connectivity index (χ4v) is 1.94. The fraction of sp³-hybridized carbons (Fsp3) is 0.0833. The van der Waals surface area contributed by atoms with Crippen molar-refractivity contribution in [3.63, 3.8) is 0 Å². The quantitative estimate of drug-likeness (QED) is 0.610. The van der Waals surface area contributed by atoms with Crippen LogP contribution in [0.2, 0.25) is 0 Å². The Bertz CT molecular complexity index is 670. The minimum absolute atomic E-state index is 0.0910. The minimum atomic E-state index is -4.69. The highest BCUT2D eigenvalue weighted by molar-refractivity contribution is 9.10. The van der Waals surface area contributed by atoms with Gasteiger partial charge in [-0.2, -0.15) is 13.2 Å². The van der Waals surface area contributed by atoms with Gasteiger partial charge in [0.25, 0.3) is 0 Å². The van der Waals surface area contributed by atoms with Crippen LogP contribution in [-0.4, -0.2) is 4.98 Å². The highest BCUT2D eigenvalue weighted by atomic mass is 79.9. The number of halogens is 6. The van der Waals surface area contributed by atoms with Gasteiger partial charge in [-0.25, -0.2) is 13.8 Å². The SMILES string of the molecule is Nc1cc(C(F)(F)F)cc(-c2c(F)ccc(Br)c2F)n1. The second-order valence-corrected chi connectivity index (χ2v) is 4.74. The molecule has 106 valence electrons. The van der Waals surface area contributed by atoms with Gasteiger partial charge in [-0.3, -0.25) is 0 Å². The van der Waals surface area contributed by atoms with Crippen molar-refractivity contribution in [1.29, 1.82) is 0 Å². The van der Waals surface area contributed by atoms with E-state index in [1.54, 1.807) is 0 Å². The Hall–Kier alpha value is -1.70. The molecular formula is C12H6BrF5N2. The van der Waals surface area contributed by atoms with E-state index in [4.69, 9.17) is 5.73 Å². The summed E-state index contributed by atoms with van der Waals surface area (Å²) in [6, 6.07) is 3.16. The zero-order valence-corrected chi connectivity index (χ0v) is 11.2. The summed E-state index contributed by atoms with van der Waals surface area (Å²) in [5, 5.41) is 0. The van der Waals surface area contributed by atoms with Crippen molar-refractivity contribution in [3.05, 3.63) is 45.9 Å². The van der Waals surface area contributed by atoms with E-state index in [-0.39, 0.29) is 4.47 Å². The van der Waals surface area contributed by atoms with E-state index >= 15 is 0 Å². The van der Waals surface area contributed by atoms with Crippen LogP contribution >= 0.6 is 15.9 Å². The third-order valence-corrected chi connectivity index (χ3v) is 3.09. The molecule has 0 amide bonds. The van der Waals surface area contributed by atoms with E-state index in [2.05, 4.69) is 20.9 Å². The highest BCUT2D eigenvalue weighted by Gasteiger charge is 2.32. The number of nitrogens with zero attached hydrogens (tertiary/aromatic N) is 1. The van der Waals surface area contributed by atoms with Crippen molar-refractivity contribution in [2.45, 2.75) is 6.18 Å². The van der Waals surface area contributed by atoms with Crippen molar-refractivity contribution in [3.8, 4) is 11.3 Å². The summed E-state index contributed by atoms with van der Waals surface area (Å²) < 4.78 is 65.4. The molecule has 0 aliphatic carbocycles. The van der Waals surface area contributed by atoms with Crippen LogP contribution in [0.1, 0.15) is 5.56 Å². The van der Waals surface area contributed by atoms with E-state index in [0.717, 1.165) is 12.1 Å². The van der Waals surface area contributed by atoms with Gasteiger partial charge in [0.1, 0.15) is 17.5 Å². The topological polar surface area (TPSA) is 38.9 Å². The molecule has 8 heteroatoms. The smallest absolute Gasteiger partial charge is 0.384 e. The Morgan fingerprint density at radius 1 is 1.10 bits per heavy atom. The van der Waals surface area contributed by atoms with Gasteiger partial charge in [0.05, 0.1) is 21.3 Å². The number of rotatable bonds is 1. The largest absolute Gasteiger partial charge is 0.416 e. The molecule has 0 aliphatic heterocycles. The number of aromatic nitrogens is 1. The number of hydrogen-bond donors (Lipinski definition) is 1. The minimum Gasteiger partial charge on any atom is -0.384 e. The van der Waals surface area contributed by atoms with Crippen molar-refractivity contribution in [2.75, 3.05) is 5.73 Å². The Labute approximate surface area is 118 Å². The first-order chi connectivity index (χ1) is 9.20. The average Bonchev–Trinajstić information content (AvgIpc) is 2.33. The first kappa shape index (κ1) is 14.7. The Kier molecular flexibility index (Phi) is 3.68. The molecule has 1 aromatic carbocycles. The van der Waals surface area contributed by atoms with Gasteiger partial charge in [-0.15, -0.1) is 0 Å². The number of anilines is 1. The maximum atomic E-state index is 13.9. The number of alkyl halides is 3. The Morgan fingerprint density at radius 3 is 2.35 bits per heavy atom. The molecule has 2 nitrogen and oxygen atoms in total. The van der Waals surface area contributed by atoms with Crippen LogP contribution in [0.15, 0.2) is 28.7 Å². The lowest BCUT2D eigenvalue weighted by atomic mass is 10.1. The summed E-state index contributed by atoms with van der Waals surface area (Å²) in [6.45, 7) is 0.